The average Bonchev–Trinajstić information content (AvgIpc) is 2.92. The summed E-state index contributed by atoms with van der Waals surface area (Å²) in [6, 6.07) is 5.88. The predicted molar refractivity (Wildman–Crippen MR) is 86.5 cm³/mol. The van der Waals surface area contributed by atoms with Crippen molar-refractivity contribution < 1.29 is 18.8 Å². The number of hydrogen-bond acceptors (Lipinski definition) is 3. The molecule has 6 nitrogen and oxygen atoms in total. The maximum atomic E-state index is 13.0. The van der Waals surface area contributed by atoms with Crippen molar-refractivity contribution in [2.24, 2.45) is 5.92 Å². The van der Waals surface area contributed by atoms with Crippen LogP contribution in [0, 0.1) is 11.7 Å². The second-order valence-electron chi connectivity index (χ2n) is 5.78. The number of rotatable bonds is 7. The molecule has 0 radical (unpaired) electrons. The van der Waals surface area contributed by atoms with E-state index in [9.17, 15) is 18.8 Å². The Hall–Kier alpha value is -2.44. The highest BCUT2D eigenvalue weighted by atomic mass is 19.1. The fourth-order valence-corrected chi connectivity index (χ4v) is 2.68. The van der Waals surface area contributed by atoms with Gasteiger partial charge in [0, 0.05) is 32.6 Å². The Kier molecular flexibility index (Phi) is 6.28. The number of hydrogen-bond donors (Lipinski definition) is 2. The first-order chi connectivity index (χ1) is 11.5. The zero-order valence-electron chi connectivity index (χ0n) is 13.7. The van der Waals surface area contributed by atoms with E-state index < -0.39 is 0 Å². The molecule has 1 saturated heterocycles. The van der Waals surface area contributed by atoms with Crippen molar-refractivity contribution in [2.75, 3.05) is 26.2 Å². The van der Waals surface area contributed by atoms with Crippen molar-refractivity contribution in [3.05, 3.63) is 35.6 Å². The summed E-state index contributed by atoms with van der Waals surface area (Å²) in [6.07, 6.45) is 0.333. The Bertz CT molecular complexity index is 621. The molecule has 1 fully saturated rings. The second-order valence-corrected chi connectivity index (χ2v) is 5.78. The van der Waals surface area contributed by atoms with Crippen LogP contribution >= 0.6 is 0 Å². The summed E-state index contributed by atoms with van der Waals surface area (Å²) >= 11 is 0. The van der Waals surface area contributed by atoms with Gasteiger partial charge in [0.15, 0.2) is 0 Å². The van der Waals surface area contributed by atoms with Gasteiger partial charge in [0.2, 0.25) is 17.7 Å². The van der Waals surface area contributed by atoms with Crippen LogP contribution in [0.15, 0.2) is 24.3 Å². The Morgan fingerprint density at radius 2 is 2.04 bits per heavy atom. The fraction of sp³-hybridized carbons (Fsp3) is 0.471. The zero-order chi connectivity index (χ0) is 17.5. The van der Waals surface area contributed by atoms with Crippen LogP contribution in [-0.2, 0) is 20.8 Å². The normalized spacial score (nSPS) is 17.0. The molecule has 2 rings (SSSR count). The summed E-state index contributed by atoms with van der Waals surface area (Å²) in [5.74, 6) is -1.09. The van der Waals surface area contributed by atoms with Crippen LogP contribution < -0.4 is 10.6 Å². The number of benzene rings is 1. The lowest BCUT2D eigenvalue weighted by atomic mass is 10.1. The third-order valence-corrected chi connectivity index (χ3v) is 3.97. The van der Waals surface area contributed by atoms with E-state index in [2.05, 4.69) is 10.6 Å². The molecule has 1 aromatic carbocycles. The van der Waals surface area contributed by atoms with Crippen LogP contribution in [0.2, 0.25) is 0 Å². The van der Waals surface area contributed by atoms with E-state index in [4.69, 9.17) is 0 Å². The highest BCUT2D eigenvalue weighted by molar-refractivity contribution is 5.89. The Labute approximate surface area is 140 Å². The lowest BCUT2D eigenvalue weighted by molar-refractivity contribution is -0.128. The standard InChI is InChI=1S/C17H22FN3O3/c1-2-21-11-13(10-16(21)23)17(24)20-7-6-19-15(22)9-12-4-3-5-14(18)8-12/h3-5,8,13H,2,6-7,9-11H2,1H3,(H,19,22)(H,20,24). The molecular formula is C17H22FN3O3. The molecule has 2 N–H and O–H groups in total. The number of amides is 3. The minimum atomic E-state index is -0.375. The van der Waals surface area contributed by atoms with Gasteiger partial charge in [0.05, 0.1) is 12.3 Å². The van der Waals surface area contributed by atoms with Gasteiger partial charge in [-0.1, -0.05) is 12.1 Å². The van der Waals surface area contributed by atoms with Crippen molar-refractivity contribution in [1.29, 1.82) is 0 Å². The quantitative estimate of drug-likeness (QED) is 0.711. The summed E-state index contributed by atoms with van der Waals surface area (Å²) in [5, 5.41) is 5.40. The van der Waals surface area contributed by atoms with Gasteiger partial charge < -0.3 is 15.5 Å². The van der Waals surface area contributed by atoms with E-state index in [1.54, 1.807) is 17.0 Å². The van der Waals surface area contributed by atoms with E-state index in [1.165, 1.54) is 12.1 Å². The van der Waals surface area contributed by atoms with E-state index in [0.717, 1.165) is 0 Å². The van der Waals surface area contributed by atoms with Crippen molar-refractivity contribution in [1.82, 2.24) is 15.5 Å². The summed E-state index contributed by atoms with van der Waals surface area (Å²) in [4.78, 5) is 37.0. The highest BCUT2D eigenvalue weighted by Crippen LogP contribution is 2.17. The first-order valence-electron chi connectivity index (χ1n) is 8.06. The van der Waals surface area contributed by atoms with Gasteiger partial charge in [-0.25, -0.2) is 4.39 Å². The van der Waals surface area contributed by atoms with Crippen LogP contribution in [0.3, 0.4) is 0 Å². The molecule has 0 saturated carbocycles. The van der Waals surface area contributed by atoms with Gasteiger partial charge in [0.25, 0.3) is 0 Å². The lowest BCUT2D eigenvalue weighted by Crippen LogP contribution is -2.38. The molecule has 1 heterocycles. The Morgan fingerprint density at radius 3 is 2.71 bits per heavy atom. The van der Waals surface area contributed by atoms with Gasteiger partial charge in [-0.3, -0.25) is 14.4 Å². The monoisotopic (exact) mass is 335 g/mol. The molecule has 1 atom stereocenters. The molecule has 24 heavy (non-hydrogen) atoms. The third kappa shape index (κ3) is 5.04. The van der Waals surface area contributed by atoms with Gasteiger partial charge in [0.1, 0.15) is 5.82 Å². The largest absolute Gasteiger partial charge is 0.354 e. The van der Waals surface area contributed by atoms with Crippen LogP contribution in [0.4, 0.5) is 4.39 Å². The van der Waals surface area contributed by atoms with Crippen molar-refractivity contribution in [2.45, 2.75) is 19.8 Å². The lowest BCUT2D eigenvalue weighted by Gasteiger charge is -2.13. The minimum absolute atomic E-state index is 0.000969. The summed E-state index contributed by atoms with van der Waals surface area (Å²) in [5.41, 5.74) is 0.598. The molecular weight excluding hydrogens is 313 g/mol. The van der Waals surface area contributed by atoms with Gasteiger partial charge in [-0.05, 0) is 24.6 Å². The number of carbonyl (C=O) groups is 3. The van der Waals surface area contributed by atoms with Gasteiger partial charge in [-0.15, -0.1) is 0 Å². The molecule has 0 aliphatic carbocycles. The van der Waals surface area contributed by atoms with Crippen LogP contribution in [-0.4, -0.2) is 48.8 Å². The molecule has 3 amide bonds. The molecule has 7 heteroatoms. The number of carbonyl (C=O) groups excluding carboxylic acids is 3. The van der Waals surface area contributed by atoms with E-state index in [0.29, 0.717) is 25.2 Å². The fourth-order valence-electron chi connectivity index (χ4n) is 2.68. The number of halogens is 1. The molecule has 130 valence electrons. The van der Waals surface area contributed by atoms with Crippen molar-refractivity contribution in [3.63, 3.8) is 0 Å². The zero-order valence-corrected chi connectivity index (χ0v) is 13.7. The molecule has 0 spiro atoms. The Balaban J connectivity index is 1.65. The van der Waals surface area contributed by atoms with Gasteiger partial charge >= 0.3 is 0 Å². The van der Waals surface area contributed by atoms with Crippen LogP contribution in [0.5, 0.6) is 0 Å². The first kappa shape index (κ1) is 17.9. The summed E-state index contributed by atoms with van der Waals surface area (Å²) in [6.45, 7) is 3.53. The smallest absolute Gasteiger partial charge is 0.225 e. The van der Waals surface area contributed by atoms with Crippen molar-refractivity contribution in [3.8, 4) is 0 Å². The van der Waals surface area contributed by atoms with Gasteiger partial charge in [-0.2, -0.15) is 0 Å². The number of nitrogens with one attached hydrogen (secondary N) is 2. The van der Waals surface area contributed by atoms with Crippen LogP contribution in [0.25, 0.3) is 0 Å². The van der Waals surface area contributed by atoms with E-state index in [-0.39, 0.29) is 48.8 Å². The molecule has 1 unspecified atom stereocenters. The van der Waals surface area contributed by atoms with E-state index >= 15 is 0 Å². The van der Waals surface area contributed by atoms with Crippen molar-refractivity contribution >= 4 is 17.7 Å². The highest BCUT2D eigenvalue weighted by Gasteiger charge is 2.32. The number of likely N-dealkylation sites (tertiary alicyclic amines) is 1. The summed E-state index contributed by atoms with van der Waals surface area (Å²) in [7, 11) is 0. The SMILES string of the molecule is CCN1CC(C(=O)NCCNC(=O)Cc2cccc(F)c2)CC1=O. The molecule has 1 aliphatic heterocycles. The van der Waals surface area contributed by atoms with Crippen LogP contribution in [0.1, 0.15) is 18.9 Å². The maximum absolute atomic E-state index is 13.0. The maximum Gasteiger partial charge on any atom is 0.225 e. The molecule has 0 bridgehead atoms. The molecule has 1 aromatic rings. The molecule has 0 aromatic heterocycles. The predicted octanol–water partition coefficient (Wildman–Crippen LogP) is 0.469. The second kappa shape index (κ2) is 8.42. The average molecular weight is 335 g/mol. The third-order valence-electron chi connectivity index (χ3n) is 3.97. The number of nitrogens with zero attached hydrogens (tertiary/aromatic N) is 1. The van der Waals surface area contributed by atoms with E-state index in [1.807, 2.05) is 6.92 Å². The molecule has 1 aliphatic rings. The first-order valence-corrected chi connectivity index (χ1v) is 8.06. The summed E-state index contributed by atoms with van der Waals surface area (Å²) < 4.78 is 13.0. The topological polar surface area (TPSA) is 78.5 Å². The Morgan fingerprint density at radius 1 is 1.29 bits per heavy atom. The minimum Gasteiger partial charge on any atom is -0.354 e.